The first-order chi connectivity index (χ1) is 5.52. The molecule has 1 unspecified atom stereocenters. The molecule has 2 heteroatoms. The van der Waals surface area contributed by atoms with Gasteiger partial charge in [0.05, 0.1) is 5.60 Å². The van der Waals surface area contributed by atoms with Crippen molar-refractivity contribution in [1.82, 2.24) is 5.32 Å². The summed E-state index contributed by atoms with van der Waals surface area (Å²) in [5.74, 6) is 0. The maximum absolute atomic E-state index is 5.53. The second kappa shape index (κ2) is 5.33. The predicted octanol–water partition coefficient (Wildman–Crippen LogP) is 1.97. The lowest BCUT2D eigenvalue weighted by molar-refractivity contribution is -0.00948. The first-order valence-corrected chi connectivity index (χ1v) is 4.51. The fraction of sp³-hybridized carbons (Fsp3) is 0.800. The lowest BCUT2D eigenvalue weighted by atomic mass is 10.1. The van der Waals surface area contributed by atoms with Gasteiger partial charge in [-0.1, -0.05) is 6.08 Å². The summed E-state index contributed by atoms with van der Waals surface area (Å²) in [4.78, 5) is 0. The SMILES string of the molecule is C=CC(C)NCC(C)(C)OCC. The van der Waals surface area contributed by atoms with Crippen molar-refractivity contribution in [1.29, 1.82) is 0 Å². The predicted molar refractivity (Wildman–Crippen MR) is 53.4 cm³/mol. The molecule has 0 radical (unpaired) electrons. The molecule has 0 aliphatic rings. The van der Waals surface area contributed by atoms with Gasteiger partial charge in [-0.05, 0) is 27.7 Å². The van der Waals surface area contributed by atoms with E-state index in [0.29, 0.717) is 6.04 Å². The Bertz CT molecular complexity index is 132. The molecule has 0 heterocycles. The van der Waals surface area contributed by atoms with Crippen molar-refractivity contribution in [3.63, 3.8) is 0 Å². The van der Waals surface area contributed by atoms with Crippen LogP contribution in [0.2, 0.25) is 0 Å². The van der Waals surface area contributed by atoms with Crippen molar-refractivity contribution in [2.45, 2.75) is 39.3 Å². The van der Waals surface area contributed by atoms with Crippen molar-refractivity contribution < 1.29 is 4.74 Å². The second-order valence-electron chi connectivity index (χ2n) is 3.60. The summed E-state index contributed by atoms with van der Waals surface area (Å²) in [5.41, 5.74) is -0.0774. The Labute approximate surface area is 76.0 Å². The lowest BCUT2D eigenvalue weighted by Crippen LogP contribution is -2.40. The molecule has 0 aliphatic carbocycles. The molecular formula is C10H21NO. The van der Waals surface area contributed by atoms with Crippen molar-refractivity contribution in [2.24, 2.45) is 0 Å². The molecule has 0 aromatic rings. The summed E-state index contributed by atoms with van der Waals surface area (Å²) >= 11 is 0. The number of hydrogen-bond donors (Lipinski definition) is 1. The van der Waals surface area contributed by atoms with E-state index >= 15 is 0 Å². The normalized spacial score (nSPS) is 14.3. The van der Waals surface area contributed by atoms with E-state index in [1.54, 1.807) is 0 Å². The van der Waals surface area contributed by atoms with Gasteiger partial charge in [0.25, 0.3) is 0 Å². The molecule has 72 valence electrons. The van der Waals surface area contributed by atoms with E-state index in [1.165, 1.54) is 0 Å². The van der Waals surface area contributed by atoms with Gasteiger partial charge in [0, 0.05) is 19.2 Å². The maximum atomic E-state index is 5.53. The molecule has 0 aliphatic heterocycles. The quantitative estimate of drug-likeness (QED) is 0.617. The zero-order valence-electron chi connectivity index (χ0n) is 8.68. The Hall–Kier alpha value is -0.340. The first-order valence-electron chi connectivity index (χ1n) is 4.51. The molecule has 0 aromatic carbocycles. The van der Waals surface area contributed by atoms with Gasteiger partial charge in [-0.25, -0.2) is 0 Å². The van der Waals surface area contributed by atoms with Gasteiger partial charge in [0.1, 0.15) is 0 Å². The molecule has 1 N–H and O–H groups in total. The van der Waals surface area contributed by atoms with E-state index < -0.39 is 0 Å². The van der Waals surface area contributed by atoms with E-state index in [2.05, 4.69) is 32.7 Å². The molecular weight excluding hydrogens is 150 g/mol. The minimum Gasteiger partial charge on any atom is -0.375 e. The van der Waals surface area contributed by atoms with Crippen LogP contribution in [0.4, 0.5) is 0 Å². The lowest BCUT2D eigenvalue weighted by Gasteiger charge is -2.26. The Balaban J connectivity index is 3.66. The van der Waals surface area contributed by atoms with Crippen LogP contribution in [0.3, 0.4) is 0 Å². The van der Waals surface area contributed by atoms with E-state index in [9.17, 15) is 0 Å². The van der Waals surface area contributed by atoms with Gasteiger partial charge in [0.2, 0.25) is 0 Å². The Morgan fingerprint density at radius 1 is 1.58 bits per heavy atom. The summed E-state index contributed by atoms with van der Waals surface area (Å²) in [6.07, 6.45) is 1.89. The van der Waals surface area contributed by atoms with Crippen LogP contribution >= 0.6 is 0 Å². The Morgan fingerprint density at radius 2 is 2.17 bits per heavy atom. The largest absolute Gasteiger partial charge is 0.375 e. The average Bonchev–Trinajstić information content (AvgIpc) is 2.00. The first kappa shape index (κ1) is 11.7. The highest BCUT2D eigenvalue weighted by Crippen LogP contribution is 2.06. The monoisotopic (exact) mass is 171 g/mol. The van der Waals surface area contributed by atoms with Crippen LogP contribution in [0, 0.1) is 0 Å². The summed E-state index contributed by atoms with van der Waals surface area (Å²) in [7, 11) is 0. The summed E-state index contributed by atoms with van der Waals surface area (Å²) in [6, 6.07) is 0.352. The zero-order valence-corrected chi connectivity index (χ0v) is 8.68. The summed E-state index contributed by atoms with van der Waals surface area (Å²) in [5, 5.41) is 3.31. The van der Waals surface area contributed by atoms with Gasteiger partial charge < -0.3 is 10.1 Å². The van der Waals surface area contributed by atoms with E-state index in [4.69, 9.17) is 4.74 Å². The average molecular weight is 171 g/mol. The van der Waals surface area contributed by atoms with Crippen LogP contribution in [0.5, 0.6) is 0 Å². The van der Waals surface area contributed by atoms with E-state index in [1.807, 2.05) is 13.0 Å². The number of rotatable bonds is 6. The van der Waals surface area contributed by atoms with Crippen LogP contribution in [0.25, 0.3) is 0 Å². The van der Waals surface area contributed by atoms with Gasteiger partial charge in [-0.3, -0.25) is 0 Å². The summed E-state index contributed by atoms with van der Waals surface area (Å²) in [6.45, 7) is 13.6. The van der Waals surface area contributed by atoms with Crippen molar-refractivity contribution in [2.75, 3.05) is 13.2 Å². The standard InChI is InChI=1S/C10H21NO/c1-6-9(3)11-8-10(4,5)12-7-2/h6,9,11H,1,7-8H2,2-5H3. The van der Waals surface area contributed by atoms with Crippen molar-refractivity contribution >= 4 is 0 Å². The number of ether oxygens (including phenoxy) is 1. The molecule has 0 spiro atoms. The third-order valence-corrected chi connectivity index (χ3v) is 1.74. The topological polar surface area (TPSA) is 21.3 Å². The number of nitrogens with one attached hydrogen (secondary N) is 1. The summed E-state index contributed by atoms with van der Waals surface area (Å²) < 4.78 is 5.53. The minimum atomic E-state index is -0.0774. The van der Waals surface area contributed by atoms with Crippen LogP contribution in [0.1, 0.15) is 27.7 Å². The van der Waals surface area contributed by atoms with Gasteiger partial charge in [-0.2, -0.15) is 0 Å². The van der Waals surface area contributed by atoms with E-state index in [-0.39, 0.29) is 5.60 Å². The molecule has 1 atom stereocenters. The molecule has 0 saturated heterocycles. The highest BCUT2D eigenvalue weighted by Gasteiger charge is 2.17. The molecule has 0 rings (SSSR count). The van der Waals surface area contributed by atoms with Crippen LogP contribution in [0.15, 0.2) is 12.7 Å². The smallest absolute Gasteiger partial charge is 0.0750 e. The third-order valence-electron chi connectivity index (χ3n) is 1.74. The maximum Gasteiger partial charge on any atom is 0.0750 e. The van der Waals surface area contributed by atoms with E-state index in [0.717, 1.165) is 13.2 Å². The van der Waals surface area contributed by atoms with Crippen molar-refractivity contribution in [3.05, 3.63) is 12.7 Å². The molecule has 0 aromatic heterocycles. The van der Waals surface area contributed by atoms with Crippen LogP contribution in [-0.2, 0) is 4.74 Å². The second-order valence-corrected chi connectivity index (χ2v) is 3.60. The zero-order chi connectivity index (χ0) is 9.61. The molecule has 0 amide bonds. The van der Waals surface area contributed by atoms with Crippen LogP contribution < -0.4 is 5.32 Å². The fourth-order valence-electron chi connectivity index (χ4n) is 0.932. The number of hydrogen-bond acceptors (Lipinski definition) is 2. The fourth-order valence-corrected chi connectivity index (χ4v) is 0.932. The molecule has 0 bridgehead atoms. The third kappa shape index (κ3) is 5.33. The molecule has 12 heavy (non-hydrogen) atoms. The Morgan fingerprint density at radius 3 is 2.58 bits per heavy atom. The highest BCUT2D eigenvalue weighted by molar-refractivity contribution is 4.84. The van der Waals surface area contributed by atoms with Gasteiger partial charge >= 0.3 is 0 Å². The highest BCUT2D eigenvalue weighted by atomic mass is 16.5. The van der Waals surface area contributed by atoms with Gasteiger partial charge in [0.15, 0.2) is 0 Å². The Kier molecular flexibility index (Phi) is 5.18. The van der Waals surface area contributed by atoms with Crippen molar-refractivity contribution in [3.8, 4) is 0 Å². The van der Waals surface area contributed by atoms with Crippen LogP contribution in [-0.4, -0.2) is 24.8 Å². The van der Waals surface area contributed by atoms with Gasteiger partial charge in [-0.15, -0.1) is 6.58 Å². The molecule has 2 nitrogen and oxygen atoms in total. The molecule has 0 saturated carbocycles. The molecule has 0 fully saturated rings. The minimum absolute atomic E-state index is 0.0774.